The van der Waals surface area contributed by atoms with Crippen LogP contribution in [0.5, 0.6) is 5.75 Å². The van der Waals surface area contributed by atoms with Crippen molar-refractivity contribution in [2.45, 2.75) is 12.9 Å². The van der Waals surface area contributed by atoms with Gasteiger partial charge in [-0.25, -0.2) is 0 Å². The first kappa shape index (κ1) is 9.67. The molecule has 1 unspecified atom stereocenters. The van der Waals surface area contributed by atoms with Gasteiger partial charge in [-0.05, 0) is 17.7 Å². The number of hydrogen-bond acceptors (Lipinski definition) is 4. The smallest absolute Gasteiger partial charge is 0.248 e. The third-order valence-corrected chi connectivity index (χ3v) is 1.80. The molecule has 0 radical (unpaired) electrons. The van der Waals surface area contributed by atoms with Gasteiger partial charge in [0.2, 0.25) is 11.8 Å². The first-order chi connectivity index (χ1) is 7.54. The quantitative estimate of drug-likeness (QED) is 0.642. The number of amides is 2. The Hall–Kier alpha value is -1.88. The van der Waals surface area contributed by atoms with E-state index in [4.69, 9.17) is 12.2 Å². The van der Waals surface area contributed by atoms with Crippen LogP contribution < -0.4 is 11.1 Å². The molecule has 0 spiro atoms. The molecule has 2 amide bonds. The van der Waals surface area contributed by atoms with Crippen molar-refractivity contribution in [2.75, 3.05) is 0 Å². The minimum atomic E-state index is -0.990. The van der Waals surface area contributed by atoms with Gasteiger partial charge in [0.15, 0.2) is 0 Å². The topological polar surface area (TPSA) is 92.4 Å². The molecule has 80 valence electrons. The third-order valence-electron chi connectivity index (χ3n) is 1.80. The molecule has 0 heterocycles. The van der Waals surface area contributed by atoms with Crippen molar-refractivity contribution < 1.29 is 16.1 Å². The summed E-state index contributed by atoms with van der Waals surface area (Å²) in [6.07, 6.45) is 0. The number of benzene rings is 1. The molecule has 4 N–H and O–H groups in total. The van der Waals surface area contributed by atoms with E-state index in [1.54, 1.807) is 0 Å². The Bertz CT molecular complexity index is 392. The zero-order chi connectivity index (χ0) is 12.1. The highest BCUT2D eigenvalue weighted by atomic mass is 16.3. The Morgan fingerprint density at radius 3 is 2.60 bits per heavy atom. The van der Waals surface area contributed by atoms with Gasteiger partial charge in [-0.1, -0.05) is 12.1 Å². The molecule has 1 atom stereocenters. The van der Waals surface area contributed by atoms with E-state index in [-0.39, 0.29) is 5.75 Å². The molecule has 1 rings (SSSR count). The largest absolute Gasteiger partial charge is 0.508 e. The van der Waals surface area contributed by atoms with E-state index < -0.39 is 24.8 Å². The number of aromatic hydroxyl groups is 1. The summed E-state index contributed by atoms with van der Waals surface area (Å²) in [6, 6.07) is 4.79. The van der Waals surface area contributed by atoms with E-state index in [2.05, 4.69) is 0 Å². The van der Waals surface area contributed by atoms with Crippen LogP contribution in [0.25, 0.3) is 0 Å². The van der Waals surface area contributed by atoms with E-state index in [1.807, 2.05) is 5.32 Å². The van der Waals surface area contributed by atoms with Gasteiger partial charge >= 0.3 is 0 Å². The normalized spacial score (nSPS) is 12.7. The first-order valence-electron chi connectivity index (χ1n) is 4.92. The molecule has 0 aliphatic heterocycles. The van der Waals surface area contributed by atoms with Gasteiger partial charge in [-0.2, -0.15) is 0 Å². The summed E-state index contributed by atoms with van der Waals surface area (Å²) in [5, 5.41) is 11.0. The van der Waals surface area contributed by atoms with Crippen LogP contribution in [0.15, 0.2) is 24.3 Å². The lowest BCUT2D eigenvalue weighted by molar-refractivity contribution is -0.130. The SMILES string of the molecule is [2H]CC(=O)NC(=O)C(N)c1ccc(O)cc1. The van der Waals surface area contributed by atoms with E-state index in [9.17, 15) is 9.59 Å². The van der Waals surface area contributed by atoms with Gasteiger partial charge < -0.3 is 10.8 Å². The van der Waals surface area contributed by atoms with Crippen LogP contribution in [0.3, 0.4) is 0 Å². The minimum absolute atomic E-state index is 0.0681. The van der Waals surface area contributed by atoms with E-state index in [0.717, 1.165) is 0 Å². The molecule has 0 aliphatic rings. The molecule has 0 aliphatic carbocycles. The molecule has 0 aromatic heterocycles. The third kappa shape index (κ3) is 3.07. The lowest BCUT2D eigenvalue weighted by Gasteiger charge is -2.10. The Morgan fingerprint density at radius 1 is 1.47 bits per heavy atom. The van der Waals surface area contributed by atoms with E-state index in [0.29, 0.717) is 5.56 Å². The molecule has 15 heavy (non-hydrogen) atoms. The fourth-order valence-electron chi connectivity index (χ4n) is 1.05. The predicted molar refractivity (Wildman–Crippen MR) is 53.9 cm³/mol. The van der Waals surface area contributed by atoms with Crippen LogP contribution in [0, 0.1) is 0 Å². The Balaban J connectivity index is 2.70. The predicted octanol–water partition coefficient (Wildman–Crippen LogP) is 0.0547. The van der Waals surface area contributed by atoms with Crippen molar-refractivity contribution >= 4 is 11.8 Å². The number of nitrogens with two attached hydrogens (primary N) is 1. The summed E-state index contributed by atoms with van der Waals surface area (Å²) < 4.78 is 6.74. The number of rotatable bonds is 2. The van der Waals surface area contributed by atoms with Crippen molar-refractivity contribution in [1.82, 2.24) is 5.32 Å². The van der Waals surface area contributed by atoms with Crippen molar-refractivity contribution in [2.24, 2.45) is 5.73 Å². The summed E-state index contributed by atoms with van der Waals surface area (Å²) in [6.45, 7) is -0.520. The molecule has 5 nitrogen and oxygen atoms in total. The molecule has 0 saturated carbocycles. The molecule has 0 bridgehead atoms. The number of nitrogens with one attached hydrogen (secondary N) is 1. The van der Waals surface area contributed by atoms with Crippen LogP contribution in [-0.2, 0) is 9.59 Å². The van der Waals surface area contributed by atoms with E-state index >= 15 is 0 Å². The minimum Gasteiger partial charge on any atom is -0.508 e. The number of hydrogen-bond donors (Lipinski definition) is 3. The van der Waals surface area contributed by atoms with Crippen LogP contribution in [-0.4, -0.2) is 16.9 Å². The van der Waals surface area contributed by atoms with Crippen LogP contribution in [0.4, 0.5) is 0 Å². The first-order valence-corrected chi connectivity index (χ1v) is 4.22. The van der Waals surface area contributed by atoms with Crippen LogP contribution >= 0.6 is 0 Å². The Labute approximate surface area is 88.3 Å². The number of carbonyl (C=O) groups excluding carboxylic acids is 2. The highest BCUT2D eigenvalue weighted by Gasteiger charge is 2.16. The summed E-state index contributed by atoms with van der Waals surface area (Å²) >= 11 is 0. The average Bonchev–Trinajstić information content (AvgIpc) is 2.28. The van der Waals surface area contributed by atoms with E-state index in [1.165, 1.54) is 24.3 Å². The molecule has 1 aromatic rings. The number of phenolic OH excluding ortho intramolecular Hbond substituents is 1. The highest BCUT2D eigenvalue weighted by Crippen LogP contribution is 2.14. The van der Waals surface area contributed by atoms with Gasteiger partial charge in [0, 0.05) is 8.27 Å². The number of imide groups is 1. The molecular weight excluding hydrogens is 196 g/mol. The molecule has 0 saturated heterocycles. The average molecular weight is 209 g/mol. The molecule has 1 aromatic carbocycles. The Morgan fingerprint density at radius 2 is 2.07 bits per heavy atom. The zero-order valence-electron chi connectivity index (χ0n) is 8.93. The summed E-state index contributed by atoms with van der Waals surface area (Å²) in [5.41, 5.74) is 6.06. The van der Waals surface area contributed by atoms with Gasteiger partial charge in [0.1, 0.15) is 11.8 Å². The number of carbonyl (C=O) groups is 2. The van der Waals surface area contributed by atoms with Crippen molar-refractivity contribution in [3.05, 3.63) is 29.8 Å². The maximum Gasteiger partial charge on any atom is 0.248 e. The van der Waals surface area contributed by atoms with Crippen molar-refractivity contribution in [3.63, 3.8) is 0 Å². The Kier molecular flexibility index (Phi) is 2.94. The molecule has 5 heteroatoms. The van der Waals surface area contributed by atoms with Gasteiger partial charge in [-0.3, -0.25) is 14.9 Å². The molecular formula is C10H12N2O3. The second kappa shape index (κ2) is 4.56. The van der Waals surface area contributed by atoms with Crippen LogP contribution in [0.1, 0.15) is 19.9 Å². The maximum atomic E-state index is 11.4. The fraction of sp³-hybridized carbons (Fsp3) is 0.200. The second-order valence-electron chi connectivity index (χ2n) is 2.98. The van der Waals surface area contributed by atoms with Crippen molar-refractivity contribution in [3.8, 4) is 5.75 Å². The molecule has 0 fully saturated rings. The standard InChI is InChI=1S/C10H12N2O3/c1-6(13)12-10(15)9(11)7-2-4-8(14)5-3-7/h2-5,9,14H,11H2,1H3,(H,12,13,15)/i1D. The van der Waals surface area contributed by atoms with Gasteiger partial charge in [-0.15, -0.1) is 0 Å². The van der Waals surface area contributed by atoms with Gasteiger partial charge in [0.05, 0.1) is 0 Å². The zero-order valence-corrected chi connectivity index (χ0v) is 7.93. The summed E-state index contributed by atoms with van der Waals surface area (Å²) in [5.74, 6) is -1.29. The summed E-state index contributed by atoms with van der Waals surface area (Å²) in [7, 11) is 0. The monoisotopic (exact) mass is 209 g/mol. The van der Waals surface area contributed by atoms with Crippen LogP contribution in [0.2, 0.25) is 0 Å². The fourth-order valence-corrected chi connectivity index (χ4v) is 1.05. The number of phenols is 1. The highest BCUT2D eigenvalue weighted by molar-refractivity contribution is 5.97. The van der Waals surface area contributed by atoms with Crippen molar-refractivity contribution in [1.29, 1.82) is 0 Å². The maximum absolute atomic E-state index is 11.4. The lowest BCUT2D eigenvalue weighted by atomic mass is 10.1. The second-order valence-corrected chi connectivity index (χ2v) is 2.98. The lowest BCUT2D eigenvalue weighted by Crippen LogP contribution is -2.36. The van der Waals surface area contributed by atoms with Gasteiger partial charge in [0.25, 0.3) is 0 Å². The summed E-state index contributed by atoms with van der Waals surface area (Å²) in [4.78, 5) is 22.2.